The van der Waals surface area contributed by atoms with Gasteiger partial charge in [-0.05, 0) is 44.0 Å². The number of likely N-dealkylation sites (tertiary alicyclic amines) is 1. The highest BCUT2D eigenvalue weighted by Gasteiger charge is 2.32. The van der Waals surface area contributed by atoms with Gasteiger partial charge < -0.3 is 10.5 Å². The second-order valence-electron chi connectivity index (χ2n) is 8.87. The molecule has 3 aromatic rings. The van der Waals surface area contributed by atoms with E-state index >= 15 is 0 Å². The minimum absolute atomic E-state index is 0.0377. The number of thiazole rings is 1. The number of hydrogen-bond donors (Lipinski definition) is 1. The second kappa shape index (κ2) is 10.1. The number of fused-ring (bicyclic) bond motifs is 1. The van der Waals surface area contributed by atoms with Crippen LogP contribution in [0.5, 0.6) is 6.01 Å². The van der Waals surface area contributed by atoms with Crippen LogP contribution in [0.3, 0.4) is 0 Å². The van der Waals surface area contributed by atoms with E-state index in [9.17, 15) is 4.79 Å². The summed E-state index contributed by atoms with van der Waals surface area (Å²) in [5, 5.41) is 0.955. The van der Waals surface area contributed by atoms with E-state index in [1.807, 2.05) is 6.20 Å². The SMILES string of the molecule is CCCCOc1nc(N)c2c(n1)N(Cc1cnc(-c3cccc(CN4CCCC4)c3)s1)C(=O)C2. The molecule has 0 unspecified atom stereocenters. The van der Waals surface area contributed by atoms with Crippen molar-refractivity contribution in [3.63, 3.8) is 0 Å². The van der Waals surface area contributed by atoms with E-state index in [4.69, 9.17) is 10.5 Å². The van der Waals surface area contributed by atoms with Gasteiger partial charge in [0.15, 0.2) is 0 Å². The number of hydrogen-bond acceptors (Lipinski definition) is 8. The van der Waals surface area contributed by atoms with Crippen LogP contribution in [0, 0.1) is 0 Å². The van der Waals surface area contributed by atoms with Gasteiger partial charge in [0.25, 0.3) is 0 Å². The molecule has 2 aromatic heterocycles. The molecule has 2 aliphatic heterocycles. The molecule has 178 valence electrons. The van der Waals surface area contributed by atoms with E-state index < -0.39 is 0 Å². The summed E-state index contributed by atoms with van der Waals surface area (Å²) < 4.78 is 5.65. The number of carbonyl (C=O) groups excluding carboxylic acids is 1. The van der Waals surface area contributed by atoms with Gasteiger partial charge in [-0.25, -0.2) is 4.98 Å². The molecule has 2 aliphatic rings. The summed E-state index contributed by atoms with van der Waals surface area (Å²) >= 11 is 1.60. The predicted molar refractivity (Wildman–Crippen MR) is 134 cm³/mol. The zero-order valence-corrected chi connectivity index (χ0v) is 20.3. The molecule has 1 aromatic carbocycles. The number of unbranched alkanes of at least 4 members (excludes halogenated alkanes) is 1. The molecule has 0 bridgehead atoms. The first-order valence-electron chi connectivity index (χ1n) is 12.0. The van der Waals surface area contributed by atoms with Gasteiger partial charge >= 0.3 is 6.01 Å². The Morgan fingerprint density at radius 1 is 1.18 bits per heavy atom. The number of rotatable bonds is 9. The monoisotopic (exact) mass is 478 g/mol. The summed E-state index contributed by atoms with van der Waals surface area (Å²) in [7, 11) is 0. The largest absolute Gasteiger partial charge is 0.463 e. The van der Waals surface area contributed by atoms with Gasteiger partial charge in [-0.1, -0.05) is 31.5 Å². The number of nitrogens with zero attached hydrogens (tertiary/aromatic N) is 5. The first-order valence-corrected chi connectivity index (χ1v) is 12.8. The fourth-order valence-electron chi connectivity index (χ4n) is 4.43. The lowest BCUT2D eigenvalue weighted by molar-refractivity contribution is -0.117. The molecule has 9 heteroatoms. The summed E-state index contributed by atoms with van der Waals surface area (Å²) in [5.74, 6) is 0.822. The highest BCUT2D eigenvalue weighted by Crippen LogP contribution is 2.35. The van der Waals surface area contributed by atoms with E-state index in [1.165, 1.54) is 31.5 Å². The molecule has 0 radical (unpaired) electrons. The first kappa shape index (κ1) is 22.7. The Labute approximate surface area is 203 Å². The summed E-state index contributed by atoms with van der Waals surface area (Å²) in [6, 6.07) is 8.83. The van der Waals surface area contributed by atoms with Crippen molar-refractivity contribution in [1.29, 1.82) is 0 Å². The van der Waals surface area contributed by atoms with Crippen LogP contribution < -0.4 is 15.4 Å². The highest BCUT2D eigenvalue weighted by atomic mass is 32.1. The lowest BCUT2D eigenvalue weighted by Crippen LogP contribution is -2.26. The molecule has 2 N–H and O–H groups in total. The van der Waals surface area contributed by atoms with Crippen LogP contribution in [0.4, 0.5) is 11.6 Å². The molecule has 5 rings (SSSR count). The van der Waals surface area contributed by atoms with Gasteiger partial charge in [0.05, 0.1) is 19.6 Å². The molecule has 1 saturated heterocycles. The Bertz CT molecular complexity index is 1170. The maximum atomic E-state index is 12.8. The van der Waals surface area contributed by atoms with E-state index in [-0.39, 0.29) is 18.3 Å². The van der Waals surface area contributed by atoms with E-state index in [0.717, 1.165) is 34.8 Å². The van der Waals surface area contributed by atoms with Gasteiger partial charge in [0.1, 0.15) is 16.6 Å². The Morgan fingerprint density at radius 3 is 2.85 bits per heavy atom. The topological polar surface area (TPSA) is 97.5 Å². The average molecular weight is 479 g/mol. The molecule has 0 aliphatic carbocycles. The number of amides is 1. The predicted octanol–water partition coefficient (Wildman–Crippen LogP) is 4.05. The van der Waals surface area contributed by atoms with Crippen molar-refractivity contribution in [2.75, 3.05) is 30.3 Å². The Hall–Kier alpha value is -3.04. The number of aromatic nitrogens is 3. The maximum Gasteiger partial charge on any atom is 0.320 e. The number of ether oxygens (including phenoxy) is 1. The smallest absolute Gasteiger partial charge is 0.320 e. The van der Waals surface area contributed by atoms with Crippen molar-refractivity contribution in [3.05, 3.63) is 46.5 Å². The fourth-order valence-corrected chi connectivity index (χ4v) is 5.33. The second-order valence-corrected chi connectivity index (χ2v) is 9.98. The van der Waals surface area contributed by atoms with Crippen molar-refractivity contribution < 1.29 is 9.53 Å². The van der Waals surface area contributed by atoms with Crippen molar-refractivity contribution in [3.8, 4) is 16.6 Å². The Balaban J connectivity index is 1.32. The van der Waals surface area contributed by atoms with Gasteiger partial charge in [-0.2, -0.15) is 9.97 Å². The lowest BCUT2D eigenvalue weighted by Gasteiger charge is -2.16. The number of nitrogen functional groups attached to an aromatic ring is 1. The Kier molecular flexibility index (Phi) is 6.73. The number of anilines is 2. The quantitative estimate of drug-likeness (QED) is 0.464. The molecule has 1 fully saturated rings. The zero-order chi connectivity index (χ0) is 23.5. The van der Waals surface area contributed by atoms with Crippen molar-refractivity contribution in [1.82, 2.24) is 19.9 Å². The number of benzene rings is 1. The zero-order valence-electron chi connectivity index (χ0n) is 19.5. The number of nitrogens with two attached hydrogens (primary N) is 1. The summed E-state index contributed by atoms with van der Waals surface area (Å²) in [4.78, 5) is 31.3. The van der Waals surface area contributed by atoms with Gasteiger partial charge in [0, 0.05) is 28.7 Å². The highest BCUT2D eigenvalue weighted by molar-refractivity contribution is 7.15. The molecule has 1 amide bonds. The summed E-state index contributed by atoms with van der Waals surface area (Å²) in [6.45, 7) is 6.36. The van der Waals surface area contributed by atoms with Crippen molar-refractivity contribution in [2.45, 2.75) is 52.1 Å². The molecule has 0 spiro atoms. The summed E-state index contributed by atoms with van der Waals surface area (Å²) in [6.07, 6.45) is 6.56. The lowest BCUT2D eigenvalue weighted by atomic mass is 10.1. The Morgan fingerprint density at radius 2 is 2.03 bits per heavy atom. The van der Waals surface area contributed by atoms with Crippen molar-refractivity contribution >= 4 is 28.9 Å². The molecule has 0 saturated carbocycles. The molecular weight excluding hydrogens is 448 g/mol. The minimum Gasteiger partial charge on any atom is -0.463 e. The molecule has 8 nitrogen and oxygen atoms in total. The van der Waals surface area contributed by atoms with E-state index in [2.05, 4.69) is 51.0 Å². The first-order chi connectivity index (χ1) is 16.6. The van der Waals surface area contributed by atoms with Crippen LogP contribution >= 0.6 is 11.3 Å². The molecular formula is C25H30N6O2S. The van der Waals surface area contributed by atoms with Crippen LogP contribution in [-0.2, 0) is 24.3 Å². The standard InChI is InChI=1S/C25H30N6O2S/c1-2-3-11-33-25-28-22(26)20-13-21(32)31(23(20)29-25)16-19-14-27-24(34-19)18-8-6-7-17(12-18)15-30-9-4-5-10-30/h6-8,12,14H,2-5,9-11,13,15-16H2,1H3,(H2,26,28,29). The number of carbonyl (C=O) groups is 1. The van der Waals surface area contributed by atoms with Crippen LogP contribution in [0.15, 0.2) is 30.5 Å². The third-order valence-corrected chi connectivity index (χ3v) is 7.29. The van der Waals surface area contributed by atoms with Crippen LogP contribution in [0.2, 0.25) is 0 Å². The summed E-state index contributed by atoms with van der Waals surface area (Å²) in [5.41, 5.74) is 9.22. The average Bonchev–Trinajstić information content (AvgIpc) is 3.57. The molecule has 34 heavy (non-hydrogen) atoms. The van der Waals surface area contributed by atoms with Gasteiger partial charge in [-0.3, -0.25) is 14.6 Å². The van der Waals surface area contributed by atoms with E-state index in [0.29, 0.717) is 30.4 Å². The molecule has 0 atom stereocenters. The third kappa shape index (κ3) is 4.90. The van der Waals surface area contributed by atoms with Gasteiger partial charge in [-0.15, -0.1) is 11.3 Å². The van der Waals surface area contributed by atoms with Crippen LogP contribution in [0.25, 0.3) is 10.6 Å². The molecule has 4 heterocycles. The normalized spacial score (nSPS) is 15.8. The fraction of sp³-hybridized carbons (Fsp3) is 0.440. The van der Waals surface area contributed by atoms with Crippen molar-refractivity contribution in [2.24, 2.45) is 0 Å². The van der Waals surface area contributed by atoms with E-state index in [1.54, 1.807) is 16.2 Å². The maximum absolute atomic E-state index is 12.8. The van der Waals surface area contributed by atoms with Crippen LogP contribution in [-0.4, -0.2) is 45.5 Å². The van der Waals surface area contributed by atoms with Crippen LogP contribution in [0.1, 0.15) is 48.6 Å². The third-order valence-electron chi connectivity index (χ3n) is 6.26. The van der Waals surface area contributed by atoms with Gasteiger partial charge in [0.2, 0.25) is 5.91 Å². The minimum atomic E-state index is -0.0377.